The summed E-state index contributed by atoms with van der Waals surface area (Å²) >= 11 is 0. The van der Waals surface area contributed by atoms with Crippen molar-refractivity contribution in [3.05, 3.63) is 0 Å². The van der Waals surface area contributed by atoms with E-state index in [4.69, 9.17) is 9.84 Å². The summed E-state index contributed by atoms with van der Waals surface area (Å²) in [7, 11) is 0. The van der Waals surface area contributed by atoms with Crippen LogP contribution in [0.15, 0.2) is 0 Å². The quantitative estimate of drug-likeness (QED) is 0.537. The van der Waals surface area contributed by atoms with Gasteiger partial charge in [0.15, 0.2) is 0 Å². The summed E-state index contributed by atoms with van der Waals surface area (Å²) in [5, 5.41) is 8.57. The predicted molar refractivity (Wildman–Crippen MR) is 32.4 cm³/mol. The number of aliphatic hydroxyl groups is 1. The fourth-order valence-electron chi connectivity index (χ4n) is 0.542. The van der Waals surface area contributed by atoms with Gasteiger partial charge in [-0.25, -0.2) is 0 Å². The molecule has 1 aliphatic heterocycles. The van der Waals surface area contributed by atoms with E-state index >= 15 is 0 Å². The molecule has 0 amide bonds. The molecule has 0 saturated carbocycles. The molecular formula is C5H16O2. The standard InChI is InChI=1S/C5H10O2.3H2/c1-5(2-6)3-7-4-5;;;/h6H,2-4H2,1H3;3*1H. The Labute approximate surface area is 47.6 Å². The van der Waals surface area contributed by atoms with Gasteiger partial charge in [-0.15, -0.1) is 0 Å². The number of hydrogen-bond acceptors (Lipinski definition) is 2. The zero-order valence-corrected chi connectivity index (χ0v) is 4.48. The van der Waals surface area contributed by atoms with Crippen LogP contribution < -0.4 is 0 Å². The van der Waals surface area contributed by atoms with Crippen LogP contribution in [0.2, 0.25) is 0 Å². The lowest BCUT2D eigenvalue weighted by Crippen LogP contribution is -2.42. The van der Waals surface area contributed by atoms with E-state index in [9.17, 15) is 0 Å². The van der Waals surface area contributed by atoms with E-state index in [2.05, 4.69) is 0 Å². The number of aliphatic hydroxyl groups excluding tert-OH is 1. The van der Waals surface area contributed by atoms with Crippen molar-refractivity contribution in [2.75, 3.05) is 19.8 Å². The van der Waals surface area contributed by atoms with Crippen molar-refractivity contribution in [1.29, 1.82) is 0 Å². The molecule has 1 rings (SSSR count). The minimum absolute atomic E-state index is 0. The fraction of sp³-hybridized carbons (Fsp3) is 1.00. The first-order chi connectivity index (χ1) is 3.27. The van der Waals surface area contributed by atoms with Crippen LogP contribution in [-0.2, 0) is 4.74 Å². The molecule has 2 heteroatoms. The minimum atomic E-state index is 0. The van der Waals surface area contributed by atoms with E-state index in [0.717, 1.165) is 13.2 Å². The molecule has 1 heterocycles. The van der Waals surface area contributed by atoms with Crippen molar-refractivity contribution < 1.29 is 14.1 Å². The van der Waals surface area contributed by atoms with Crippen LogP contribution in [0, 0.1) is 5.41 Å². The largest absolute Gasteiger partial charge is 0.396 e. The van der Waals surface area contributed by atoms with Gasteiger partial charge in [0.2, 0.25) is 0 Å². The minimum Gasteiger partial charge on any atom is -0.396 e. The van der Waals surface area contributed by atoms with Crippen molar-refractivity contribution in [2.45, 2.75) is 6.92 Å². The highest BCUT2D eigenvalue weighted by atomic mass is 16.5. The van der Waals surface area contributed by atoms with E-state index in [1.165, 1.54) is 0 Å². The SMILES string of the molecule is CC1(CO)COC1.[HH].[HH].[HH]. The predicted octanol–water partition coefficient (Wildman–Crippen LogP) is 0.753. The summed E-state index contributed by atoms with van der Waals surface area (Å²) < 4.78 is 4.87. The summed E-state index contributed by atoms with van der Waals surface area (Å²) in [6.45, 7) is 3.72. The van der Waals surface area contributed by atoms with Crippen molar-refractivity contribution in [3.8, 4) is 0 Å². The van der Waals surface area contributed by atoms with E-state index in [0.29, 0.717) is 0 Å². The summed E-state index contributed by atoms with van der Waals surface area (Å²) in [5.41, 5.74) is 0.0972. The molecule has 0 radical (unpaired) electrons. The molecule has 48 valence electrons. The van der Waals surface area contributed by atoms with Gasteiger partial charge >= 0.3 is 0 Å². The van der Waals surface area contributed by atoms with Gasteiger partial charge in [0.1, 0.15) is 0 Å². The zero-order valence-electron chi connectivity index (χ0n) is 4.48. The van der Waals surface area contributed by atoms with Gasteiger partial charge in [0.05, 0.1) is 19.8 Å². The highest BCUT2D eigenvalue weighted by Gasteiger charge is 2.31. The Bertz CT molecular complexity index is 69.8. The summed E-state index contributed by atoms with van der Waals surface area (Å²) in [4.78, 5) is 0. The molecule has 0 aromatic carbocycles. The molecule has 0 atom stereocenters. The zero-order chi connectivity index (χ0) is 5.33. The topological polar surface area (TPSA) is 29.5 Å². The summed E-state index contributed by atoms with van der Waals surface area (Å²) in [6, 6.07) is 0. The van der Waals surface area contributed by atoms with Crippen LogP contribution in [0.4, 0.5) is 0 Å². The Kier molecular flexibility index (Phi) is 1.05. The molecule has 7 heavy (non-hydrogen) atoms. The normalized spacial score (nSPS) is 26.6. The lowest BCUT2D eigenvalue weighted by Gasteiger charge is -2.35. The monoisotopic (exact) mass is 108 g/mol. The van der Waals surface area contributed by atoms with E-state index < -0.39 is 0 Å². The molecule has 0 bridgehead atoms. The first kappa shape index (κ1) is 5.06. The van der Waals surface area contributed by atoms with Crippen molar-refractivity contribution in [1.82, 2.24) is 0 Å². The maximum Gasteiger partial charge on any atom is 0.0564 e. The maximum atomic E-state index is 8.57. The van der Waals surface area contributed by atoms with Crippen molar-refractivity contribution >= 4 is 0 Å². The molecular weight excluding hydrogens is 92.1 g/mol. The molecule has 0 aliphatic carbocycles. The Morgan fingerprint density at radius 3 is 2.43 bits per heavy atom. The van der Waals surface area contributed by atoms with Crippen LogP contribution >= 0.6 is 0 Å². The Morgan fingerprint density at radius 2 is 2.43 bits per heavy atom. The average molecular weight is 108 g/mol. The molecule has 0 spiro atoms. The third-order valence-corrected chi connectivity index (χ3v) is 1.28. The van der Waals surface area contributed by atoms with Gasteiger partial charge in [-0.2, -0.15) is 0 Å². The number of ether oxygens (including phenoxy) is 1. The smallest absolute Gasteiger partial charge is 0.0564 e. The maximum absolute atomic E-state index is 8.57. The third kappa shape index (κ3) is 0.763. The van der Waals surface area contributed by atoms with Gasteiger partial charge in [-0.3, -0.25) is 0 Å². The molecule has 1 aliphatic rings. The van der Waals surface area contributed by atoms with Gasteiger partial charge < -0.3 is 9.84 Å². The van der Waals surface area contributed by atoms with E-state index in [-0.39, 0.29) is 16.3 Å². The van der Waals surface area contributed by atoms with Crippen molar-refractivity contribution in [3.63, 3.8) is 0 Å². The van der Waals surface area contributed by atoms with Gasteiger partial charge in [-0.1, -0.05) is 6.92 Å². The van der Waals surface area contributed by atoms with Gasteiger partial charge in [0.25, 0.3) is 0 Å². The second-order valence-electron chi connectivity index (χ2n) is 2.46. The Balaban J connectivity index is -0.000000163. The van der Waals surface area contributed by atoms with Crippen LogP contribution in [0.3, 0.4) is 0 Å². The molecule has 0 unspecified atom stereocenters. The molecule has 1 N–H and O–H groups in total. The molecule has 0 aromatic rings. The first-order valence-corrected chi connectivity index (χ1v) is 2.45. The van der Waals surface area contributed by atoms with Gasteiger partial charge in [0, 0.05) is 9.69 Å². The highest BCUT2D eigenvalue weighted by Crippen LogP contribution is 2.24. The summed E-state index contributed by atoms with van der Waals surface area (Å²) in [5.74, 6) is 0. The average Bonchev–Trinajstić information content (AvgIpc) is 1.61. The van der Waals surface area contributed by atoms with Crippen molar-refractivity contribution in [2.24, 2.45) is 5.41 Å². The third-order valence-electron chi connectivity index (χ3n) is 1.28. The number of rotatable bonds is 1. The first-order valence-electron chi connectivity index (χ1n) is 2.45. The molecule has 1 saturated heterocycles. The van der Waals surface area contributed by atoms with Crippen LogP contribution in [0.25, 0.3) is 0 Å². The number of hydrogen-bond donors (Lipinski definition) is 1. The lowest BCUT2D eigenvalue weighted by molar-refractivity contribution is -0.125. The second kappa shape index (κ2) is 1.46. The van der Waals surface area contributed by atoms with Crippen LogP contribution in [-0.4, -0.2) is 24.9 Å². The van der Waals surface area contributed by atoms with E-state index in [1.54, 1.807) is 0 Å². The van der Waals surface area contributed by atoms with E-state index in [1.807, 2.05) is 6.92 Å². The molecule has 1 fully saturated rings. The second-order valence-corrected chi connectivity index (χ2v) is 2.46. The van der Waals surface area contributed by atoms with Gasteiger partial charge in [-0.05, 0) is 0 Å². The Morgan fingerprint density at radius 1 is 1.86 bits per heavy atom. The molecule has 2 nitrogen and oxygen atoms in total. The molecule has 0 aromatic heterocycles. The van der Waals surface area contributed by atoms with Crippen LogP contribution in [0.5, 0.6) is 0 Å². The lowest BCUT2D eigenvalue weighted by atomic mass is 9.90. The highest BCUT2D eigenvalue weighted by molar-refractivity contribution is 4.78. The fourth-order valence-corrected chi connectivity index (χ4v) is 0.542. The summed E-state index contributed by atoms with van der Waals surface area (Å²) in [6.07, 6.45) is 0. The Hall–Kier alpha value is -0.0800. The van der Waals surface area contributed by atoms with Crippen LogP contribution in [0.1, 0.15) is 11.2 Å².